The smallest absolute Gasteiger partial charge is 0.220 e. The van der Waals surface area contributed by atoms with Crippen LogP contribution in [0.2, 0.25) is 0 Å². The first-order valence-electron chi connectivity index (χ1n) is 6.35. The maximum absolute atomic E-state index is 11.4. The summed E-state index contributed by atoms with van der Waals surface area (Å²) in [5.41, 5.74) is 0.582. The van der Waals surface area contributed by atoms with Gasteiger partial charge in [0.05, 0.1) is 0 Å². The van der Waals surface area contributed by atoms with Crippen molar-refractivity contribution in [2.75, 3.05) is 6.54 Å². The highest BCUT2D eigenvalue weighted by atomic mass is 16.1. The molecule has 0 radical (unpaired) electrons. The highest BCUT2D eigenvalue weighted by Gasteiger charge is 2.01. The number of rotatable bonds is 11. The Kier molecular flexibility index (Phi) is 10.3. The lowest BCUT2D eigenvalue weighted by Gasteiger charge is -2.06. The molecule has 4 nitrogen and oxygen atoms in total. The van der Waals surface area contributed by atoms with E-state index in [0.717, 1.165) is 13.0 Å². The van der Waals surface area contributed by atoms with Crippen LogP contribution < -0.4 is 10.6 Å². The van der Waals surface area contributed by atoms with Gasteiger partial charge in [-0.25, -0.2) is 0 Å². The van der Waals surface area contributed by atoms with Crippen LogP contribution in [0.4, 0.5) is 0 Å². The van der Waals surface area contributed by atoms with Crippen LogP contribution in [0.15, 0.2) is 12.3 Å². The van der Waals surface area contributed by atoms with E-state index in [-0.39, 0.29) is 5.91 Å². The summed E-state index contributed by atoms with van der Waals surface area (Å²) in [5, 5.41) is 5.30. The lowest BCUT2D eigenvalue weighted by Crippen LogP contribution is -2.24. The highest BCUT2D eigenvalue weighted by molar-refractivity contribution is 5.76. The van der Waals surface area contributed by atoms with Crippen molar-refractivity contribution in [3.8, 4) is 0 Å². The molecule has 0 spiro atoms. The van der Waals surface area contributed by atoms with Gasteiger partial charge in [0.25, 0.3) is 0 Å². The van der Waals surface area contributed by atoms with Gasteiger partial charge in [0.15, 0.2) is 0 Å². The molecule has 0 saturated heterocycles. The molecule has 0 atom stereocenters. The van der Waals surface area contributed by atoms with E-state index in [4.69, 9.17) is 0 Å². The maximum atomic E-state index is 11.4. The van der Waals surface area contributed by atoms with Crippen molar-refractivity contribution < 1.29 is 9.59 Å². The van der Waals surface area contributed by atoms with Gasteiger partial charge in [0, 0.05) is 18.7 Å². The van der Waals surface area contributed by atoms with E-state index >= 15 is 0 Å². The third-order valence-electron chi connectivity index (χ3n) is 2.52. The number of amides is 2. The predicted octanol–water partition coefficient (Wildman–Crippen LogP) is 2.11. The molecule has 0 bridgehead atoms. The van der Waals surface area contributed by atoms with Crippen LogP contribution >= 0.6 is 0 Å². The molecule has 0 aliphatic rings. The Balaban J connectivity index is 3.34. The SMILES string of the molecule is C=C(CCC(=O)NCCCCCCC)NC=O. The first-order chi connectivity index (χ1) is 8.20. The zero-order valence-electron chi connectivity index (χ0n) is 10.8. The molecule has 98 valence electrons. The molecule has 4 heteroatoms. The van der Waals surface area contributed by atoms with Crippen LogP contribution in [-0.4, -0.2) is 18.9 Å². The third kappa shape index (κ3) is 11.0. The first-order valence-corrected chi connectivity index (χ1v) is 6.35. The Bertz CT molecular complexity index is 240. The van der Waals surface area contributed by atoms with E-state index in [9.17, 15) is 9.59 Å². The average molecular weight is 240 g/mol. The number of allylic oxidation sites excluding steroid dienone is 1. The molecule has 0 unspecified atom stereocenters. The van der Waals surface area contributed by atoms with Crippen LogP contribution in [0, 0.1) is 0 Å². The number of nitrogens with one attached hydrogen (secondary N) is 2. The van der Waals surface area contributed by atoms with Crippen molar-refractivity contribution in [2.24, 2.45) is 0 Å². The standard InChI is InChI=1S/C13H24N2O2/c1-3-4-5-6-7-10-14-13(17)9-8-12(2)15-11-16/h11H,2-10H2,1H3,(H,14,17)(H,15,16). The van der Waals surface area contributed by atoms with E-state index in [0.29, 0.717) is 24.9 Å². The van der Waals surface area contributed by atoms with Crippen LogP contribution in [0.25, 0.3) is 0 Å². The molecule has 0 aliphatic carbocycles. The van der Waals surface area contributed by atoms with Gasteiger partial charge in [0.1, 0.15) is 0 Å². The van der Waals surface area contributed by atoms with Gasteiger partial charge in [-0.1, -0.05) is 39.2 Å². The lowest BCUT2D eigenvalue weighted by molar-refractivity contribution is -0.121. The van der Waals surface area contributed by atoms with Crippen molar-refractivity contribution in [2.45, 2.75) is 51.9 Å². The second-order valence-corrected chi connectivity index (χ2v) is 4.13. The van der Waals surface area contributed by atoms with E-state index in [1.165, 1.54) is 25.7 Å². The minimum atomic E-state index is 0.0225. The highest BCUT2D eigenvalue weighted by Crippen LogP contribution is 2.02. The van der Waals surface area contributed by atoms with Gasteiger partial charge in [-0.2, -0.15) is 0 Å². The third-order valence-corrected chi connectivity index (χ3v) is 2.52. The summed E-state index contributed by atoms with van der Waals surface area (Å²) in [7, 11) is 0. The molecule has 0 aromatic heterocycles. The van der Waals surface area contributed by atoms with E-state index in [1.807, 2.05) is 0 Å². The Morgan fingerprint density at radius 3 is 2.53 bits per heavy atom. The molecule has 0 heterocycles. The first kappa shape index (κ1) is 15.7. The van der Waals surface area contributed by atoms with Gasteiger partial charge in [-0.15, -0.1) is 0 Å². The van der Waals surface area contributed by atoms with Gasteiger partial charge in [-0.3, -0.25) is 9.59 Å². The Morgan fingerprint density at radius 2 is 1.88 bits per heavy atom. The molecule has 0 aromatic rings. The van der Waals surface area contributed by atoms with Crippen molar-refractivity contribution >= 4 is 12.3 Å². The summed E-state index contributed by atoms with van der Waals surface area (Å²) in [5.74, 6) is 0.0225. The lowest BCUT2D eigenvalue weighted by atomic mass is 10.1. The van der Waals surface area contributed by atoms with Gasteiger partial charge in [0.2, 0.25) is 12.3 Å². The zero-order chi connectivity index (χ0) is 12.9. The molecule has 0 aliphatic heterocycles. The minimum Gasteiger partial charge on any atom is -0.356 e. The van der Waals surface area contributed by atoms with Crippen molar-refractivity contribution in [1.82, 2.24) is 10.6 Å². The summed E-state index contributed by atoms with van der Waals surface area (Å²) < 4.78 is 0. The van der Waals surface area contributed by atoms with Crippen LogP contribution in [0.5, 0.6) is 0 Å². The van der Waals surface area contributed by atoms with Crippen LogP contribution in [0.1, 0.15) is 51.9 Å². The number of carbonyl (C=O) groups is 2. The van der Waals surface area contributed by atoms with Crippen molar-refractivity contribution in [3.05, 3.63) is 12.3 Å². The number of hydrogen-bond donors (Lipinski definition) is 2. The molecule has 2 amide bonds. The monoisotopic (exact) mass is 240 g/mol. The summed E-state index contributed by atoms with van der Waals surface area (Å²) in [6.45, 7) is 6.55. The molecular formula is C13H24N2O2. The molecule has 17 heavy (non-hydrogen) atoms. The number of unbranched alkanes of at least 4 members (excludes halogenated alkanes) is 4. The summed E-state index contributed by atoms with van der Waals surface area (Å²) in [6, 6.07) is 0. The average Bonchev–Trinajstić information content (AvgIpc) is 2.31. The van der Waals surface area contributed by atoms with E-state index in [2.05, 4.69) is 24.1 Å². The Hall–Kier alpha value is -1.32. The molecule has 0 aromatic carbocycles. The fourth-order valence-electron chi connectivity index (χ4n) is 1.46. The minimum absolute atomic E-state index is 0.0225. The topological polar surface area (TPSA) is 58.2 Å². The second kappa shape index (κ2) is 11.2. The van der Waals surface area contributed by atoms with Gasteiger partial charge in [-0.05, 0) is 12.8 Å². The molecule has 0 saturated carbocycles. The predicted molar refractivity (Wildman–Crippen MR) is 69.3 cm³/mol. The molecule has 0 rings (SSSR count). The maximum Gasteiger partial charge on any atom is 0.220 e. The molecule has 2 N–H and O–H groups in total. The second-order valence-electron chi connectivity index (χ2n) is 4.13. The van der Waals surface area contributed by atoms with E-state index < -0.39 is 0 Å². The molecular weight excluding hydrogens is 216 g/mol. The van der Waals surface area contributed by atoms with Crippen molar-refractivity contribution in [1.29, 1.82) is 0 Å². The van der Waals surface area contributed by atoms with E-state index in [1.54, 1.807) is 0 Å². The summed E-state index contributed by atoms with van der Waals surface area (Å²) in [6.07, 6.45) is 7.42. The Labute approximate surface area is 104 Å². The van der Waals surface area contributed by atoms with Gasteiger partial charge >= 0.3 is 0 Å². The normalized spacial score (nSPS) is 9.71. The number of carbonyl (C=O) groups excluding carboxylic acids is 2. The van der Waals surface area contributed by atoms with Crippen molar-refractivity contribution in [3.63, 3.8) is 0 Å². The summed E-state index contributed by atoms with van der Waals surface area (Å²) >= 11 is 0. The quantitative estimate of drug-likeness (QED) is 0.429. The van der Waals surface area contributed by atoms with Gasteiger partial charge < -0.3 is 10.6 Å². The summed E-state index contributed by atoms with van der Waals surface area (Å²) in [4.78, 5) is 21.5. The van der Waals surface area contributed by atoms with Crippen LogP contribution in [-0.2, 0) is 9.59 Å². The fourth-order valence-corrected chi connectivity index (χ4v) is 1.46. The zero-order valence-corrected chi connectivity index (χ0v) is 10.8. The Morgan fingerprint density at radius 1 is 1.18 bits per heavy atom. The molecule has 0 fully saturated rings. The fraction of sp³-hybridized carbons (Fsp3) is 0.692. The number of hydrogen-bond acceptors (Lipinski definition) is 2. The largest absolute Gasteiger partial charge is 0.356 e. The van der Waals surface area contributed by atoms with Crippen LogP contribution in [0.3, 0.4) is 0 Å².